The van der Waals surface area contributed by atoms with Gasteiger partial charge in [-0.3, -0.25) is 0 Å². The molecule has 0 aromatic heterocycles. The van der Waals surface area contributed by atoms with Gasteiger partial charge in [-0.1, -0.05) is 53.1 Å². The summed E-state index contributed by atoms with van der Waals surface area (Å²) < 4.78 is 31.0. The fraction of sp³-hybridized carbons (Fsp3) is 0.441. The first kappa shape index (κ1) is 28.8. The van der Waals surface area contributed by atoms with Crippen molar-refractivity contribution in [2.45, 2.75) is 98.0 Å². The van der Waals surface area contributed by atoms with Crippen molar-refractivity contribution < 1.29 is 23.4 Å². The number of carbonyl (C=O) groups is 1. The molecule has 6 heteroatoms. The highest BCUT2D eigenvalue weighted by atomic mass is 32.2. The topological polar surface area (TPSA) is 46.5 Å². The SMILES string of the molecule is CC(F)(F)C(=O)OC12CC3CC(CC(O)(C3)C1)C2.Cc1ccc([S+](c2ccc(C)cc2)c2ccc(C)cc2)cc1. The molecule has 7 rings (SSSR count). The molecule has 0 aliphatic heterocycles. The van der Waals surface area contributed by atoms with Gasteiger partial charge in [0.25, 0.3) is 0 Å². The number of rotatable bonds is 5. The third-order valence-electron chi connectivity index (χ3n) is 8.41. The lowest BCUT2D eigenvalue weighted by Gasteiger charge is -2.59. The molecule has 0 saturated heterocycles. The largest absolute Gasteiger partial charge is 0.455 e. The smallest absolute Gasteiger partial charge is 0.377 e. The number of ether oxygens (including phenoxy) is 1. The minimum absolute atomic E-state index is 0.0394. The van der Waals surface area contributed by atoms with Crippen LogP contribution in [-0.2, 0) is 20.4 Å². The molecule has 3 aromatic rings. The first-order valence-corrected chi connectivity index (χ1v) is 15.3. The van der Waals surface area contributed by atoms with Gasteiger partial charge < -0.3 is 9.84 Å². The van der Waals surface area contributed by atoms with Crippen molar-refractivity contribution in [3.05, 3.63) is 89.5 Å². The van der Waals surface area contributed by atoms with Crippen molar-refractivity contribution in [2.24, 2.45) is 11.8 Å². The highest BCUT2D eigenvalue weighted by Crippen LogP contribution is 2.59. The second-order valence-corrected chi connectivity index (χ2v) is 14.4. The lowest BCUT2D eigenvalue weighted by molar-refractivity contribution is -0.232. The Labute approximate surface area is 239 Å². The molecule has 212 valence electrons. The van der Waals surface area contributed by atoms with Gasteiger partial charge >= 0.3 is 11.9 Å². The second-order valence-electron chi connectivity index (χ2n) is 12.4. The number of aliphatic hydroxyl groups is 1. The van der Waals surface area contributed by atoms with E-state index in [2.05, 4.69) is 93.6 Å². The Morgan fingerprint density at radius 1 is 0.775 bits per heavy atom. The van der Waals surface area contributed by atoms with Crippen LogP contribution >= 0.6 is 0 Å². The molecular formula is C34H39F2O3S+. The van der Waals surface area contributed by atoms with E-state index >= 15 is 0 Å². The Morgan fingerprint density at radius 2 is 1.15 bits per heavy atom. The molecule has 40 heavy (non-hydrogen) atoms. The van der Waals surface area contributed by atoms with Gasteiger partial charge in [0.05, 0.1) is 16.5 Å². The van der Waals surface area contributed by atoms with E-state index in [1.165, 1.54) is 31.4 Å². The molecular weight excluding hydrogens is 526 g/mol. The predicted molar refractivity (Wildman–Crippen MR) is 155 cm³/mol. The Hall–Kier alpha value is -2.70. The number of hydrogen-bond acceptors (Lipinski definition) is 3. The number of carbonyl (C=O) groups excluding carboxylic acids is 1. The lowest BCUT2D eigenvalue weighted by Crippen LogP contribution is -2.61. The maximum Gasteiger partial charge on any atom is 0.377 e. The van der Waals surface area contributed by atoms with E-state index in [9.17, 15) is 18.7 Å². The minimum Gasteiger partial charge on any atom is -0.455 e. The lowest BCUT2D eigenvalue weighted by atomic mass is 9.52. The molecule has 0 heterocycles. The average Bonchev–Trinajstić information content (AvgIpc) is 2.86. The van der Waals surface area contributed by atoms with E-state index in [1.54, 1.807) is 0 Å². The number of hydrogen-bond donors (Lipinski definition) is 1. The van der Waals surface area contributed by atoms with Crippen molar-refractivity contribution in [1.82, 2.24) is 0 Å². The maximum absolute atomic E-state index is 13.0. The zero-order valence-corrected chi connectivity index (χ0v) is 24.6. The van der Waals surface area contributed by atoms with Crippen LogP contribution < -0.4 is 0 Å². The van der Waals surface area contributed by atoms with Crippen LogP contribution in [0.25, 0.3) is 0 Å². The first-order valence-electron chi connectivity index (χ1n) is 14.1. The molecule has 4 fully saturated rings. The number of halogens is 2. The Morgan fingerprint density at radius 3 is 1.48 bits per heavy atom. The molecule has 2 atom stereocenters. The van der Waals surface area contributed by atoms with Crippen LogP contribution in [0, 0.1) is 32.6 Å². The van der Waals surface area contributed by atoms with Crippen LogP contribution in [0.3, 0.4) is 0 Å². The maximum atomic E-state index is 13.0. The summed E-state index contributed by atoms with van der Waals surface area (Å²) in [6.45, 7) is 6.98. The Balaban J connectivity index is 0.000000164. The third kappa shape index (κ3) is 6.44. The number of alkyl halides is 2. The van der Waals surface area contributed by atoms with Gasteiger partial charge in [0.2, 0.25) is 0 Å². The number of benzene rings is 3. The van der Waals surface area contributed by atoms with Gasteiger partial charge in [0.1, 0.15) is 5.60 Å². The Bertz CT molecular complexity index is 1210. The summed E-state index contributed by atoms with van der Waals surface area (Å²) in [5.41, 5.74) is 2.28. The first-order chi connectivity index (χ1) is 18.8. The van der Waals surface area contributed by atoms with Gasteiger partial charge in [-0.25, -0.2) is 4.79 Å². The van der Waals surface area contributed by atoms with E-state index in [0.29, 0.717) is 38.0 Å². The van der Waals surface area contributed by atoms with Crippen LogP contribution in [0.15, 0.2) is 87.5 Å². The standard InChI is InChI=1S/C21H21S.C13H18F2O3/c1-16-4-10-19(11-5-16)22(20-12-6-17(2)7-13-20)21-14-8-18(3)9-15-21;1-11(14,15)10(16)18-13-5-8-2-9(6-13)4-12(17,3-8)7-13/h4-15H,1-3H3;8-9,17H,2-7H2,1H3/q+1;. The van der Waals surface area contributed by atoms with Gasteiger partial charge in [-0.15, -0.1) is 0 Å². The summed E-state index contributed by atoms with van der Waals surface area (Å²) in [5, 5.41) is 10.4. The third-order valence-corrected chi connectivity index (χ3v) is 10.6. The van der Waals surface area contributed by atoms with E-state index in [1.807, 2.05) is 0 Å². The zero-order valence-electron chi connectivity index (χ0n) is 23.8. The normalized spacial score (nSPS) is 26.8. The summed E-state index contributed by atoms with van der Waals surface area (Å²) in [6, 6.07) is 26.8. The van der Waals surface area contributed by atoms with Crippen LogP contribution in [0.1, 0.15) is 62.1 Å². The molecule has 4 bridgehead atoms. The van der Waals surface area contributed by atoms with E-state index < -0.39 is 23.1 Å². The van der Waals surface area contributed by atoms with Crippen LogP contribution in [0.2, 0.25) is 0 Å². The fourth-order valence-electron chi connectivity index (χ4n) is 6.97. The summed E-state index contributed by atoms with van der Waals surface area (Å²) in [5.74, 6) is -4.27. The molecule has 4 aliphatic carbocycles. The van der Waals surface area contributed by atoms with Gasteiger partial charge in [-0.2, -0.15) is 8.78 Å². The zero-order chi connectivity index (χ0) is 28.7. The molecule has 0 radical (unpaired) electrons. The molecule has 0 spiro atoms. The summed E-state index contributed by atoms with van der Waals surface area (Å²) >= 11 is 0. The van der Waals surface area contributed by atoms with Crippen molar-refractivity contribution in [3.8, 4) is 0 Å². The molecule has 2 unspecified atom stereocenters. The van der Waals surface area contributed by atoms with Crippen molar-refractivity contribution >= 4 is 16.9 Å². The molecule has 3 nitrogen and oxygen atoms in total. The molecule has 4 aliphatic rings. The highest BCUT2D eigenvalue weighted by Gasteiger charge is 2.60. The monoisotopic (exact) mass is 565 g/mol. The Kier molecular flexibility index (Phi) is 7.88. The van der Waals surface area contributed by atoms with Crippen LogP contribution in [-0.4, -0.2) is 28.2 Å². The summed E-state index contributed by atoms with van der Waals surface area (Å²) in [7, 11) is -0.0394. The van der Waals surface area contributed by atoms with Crippen molar-refractivity contribution in [1.29, 1.82) is 0 Å². The van der Waals surface area contributed by atoms with Crippen molar-refractivity contribution in [2.75, 3.05) is 0 Å². The quantitative estimate of drug-likeness (QED) is 0.252. The molecule has 4 saturated carbocycles. The van der Waals surface area contributed by atoms with E-state index in [4.69, 9.17) is 4.74 Å². The van der Waals surface area contributed by atoms with Crippen LogP contribution in [0.4, 0.5) is 8.78 Å². The van der Waals surface area contributed by atoms with Crippen molar-refractivity contribution in [3.63, 3.8) is 0 Å². The van der Waals surface area contributed by atoms with E-state index in [0.717, 1.165) is 19.3 Å². The number of esters is 1. The van der Waals surface area contributed by atoms with Crippen LogP contribution in [0.5, 0.6) is 0 Å². The summed E-state index contributed by atoms with van der Waals surface area (Å²) in [6.07, 6.45) is 4.08. The van der Waals surface area contributed by atoms with E-state index in [-0.39, 0.29) is 10.9 Å². The van der Waals surface area contributed by atoms with Gasteiger partial charge in [-0.05, 0) is 101 Å². The summed E-state index contributed by atoms with van der Waals surface area (Å²) in [4.78, 5) is 15.5. The molecule has 3 aromatic carbocycles. The molecule has 1 N–H and O–H groups in total. The van der Waals surface area contributed by atoms with Gasteiger partial charge in [0.15, 0.2) is 14.7 Å². The fourth-order valence-corrected chi connectivity index (χ4v) is 9.01. The van der Waals surface area contributed by atoms with Gasteiger partial charge in [0, 0.05) is 13.3 Å². The average molecular weight is 566 g/mol. The minimum atomic E-state index is -3.45. The number of aryl methyl sites for hydroxylation is 3. The molecule has 0 amide bonds. The second kappa shape index (κ2) is 10.9. The highest BCUT2D eigenvalue weighted by molar-refractivity contribution is 7.97. The predicted octanol–water partition coefficient (Wildman–Crippen LogP) is 7.98.